The lowest BCUT2D eigenvalue weighted by atomic mass is 10.1. The van der Waals surface area contributed by atoms with Gasteiger partial charge in [0, 0.05) is 18.7 Å². The van der Waals surface area contributed by atoms with Gasteiger partial charge < -0.3 is 14.8 Å². The minimum Gasteiger partial charge on any atom is -0.495 e. The number of amides is 1. The first-order chi connectivity index (χ1) is 18.0. The number of non-ortho nitro benzene ring substituents is 1. The fraction of sp³-hybridized carbons (Fsp3) is 0.231. The standard InChI is InChI=1S/C26H27N3O8S/c1-5-28(20-9-7-6-8-10-20)38(34,35)24-15-19(12-11-17(24)2)26(31)37-18(3)25(30)27-22-16-21(29(32)33)13-14-23(22)36-4/h6-16,18H,5H2,1-4H3,(H,27,30)/t18-/m0/s1. The molecule has 200 valence electrons. The molecule has 0 spiro atoms. The Bertz CT molecular complexity index is 1460. The summed E-state index contributed by atoms with van der Waals surface area (Å²) in [6.07, 6.45) is -1.32. The number of carbonyl (C=O) groups excluding carboxylic acids is 2. The molecule has 1 atom stereocenters. The minimum atomic E-state index is -4.02. The molecule has 1 N–H and O–H groups in total. The summed E-state index contributed by atoms with van der Waals surface area (Å²) >= 11 is 0. The highest BCUT2D eigenvalue weighted by molar-refractivity contribution is 7.92. The first kappa shape index (κ1) is 28.1. The Labute approximate surface area is 220 Å². The number of carbonyl (C=O) groups is 2. The van der Waals surface area contributed by atoms with Gasteiger partial charge in [-0.25, -0.2) is 13.2 Å². The second kappa shape index (κ2) is 11.7. The fourth-order valence-electron chi connectivity index (χ4n) is 3.63. The molecule has 0 radical (unpaired) electrons. The van der Waals surface area contributed by atoms with Crippen LogP contribution in [-0.2, 0) is 19.6 Å². The fourth-order valence-corrected chi connectivity index (χ4v) is 5.36. The Balaban J connectivity index is 1.81. The maximum Gasteiger partial charge on any atom is 0.338 e. The van der Waals surface area contributed by atoms with Crippen molar-refractivity contribution in [2.45, 2.75) is 31.8 Å². The SMILES string of the molecule is CCN(c1ccccc1)S(=O)(=O)c1cc(C(=O)O[C@@H](C)C(=O)Nc2cc([N+](=O)[O-])ccc2OC)ccc1C. The number of methoxy groups -OCH3 is 1. The number of rotatable bonds is 10. The smallest absolute Gasteiger partial charge is 0.338 e. The number of hydrogen-bond donors (Lipinski definition) is 1. The molecule has 3 aromatic rings. The van der Waals surface area contributed by atoms with E-state index in [9.17, 15) is 28.1 Å². The average Bonchev–Trinajstić information content (AvgIpc) is 2.89. The van der Waals surface area contributed by atoms with Gasteiger partial charge in [0.1, 0.15) is 5.75 Å². The van der Waals surface area contributed by atoms with Crippen molar-refractivity contribution >= 4 is 39.0 Å². The Morgan fingerprint density at radius 2 is 1.76 bits per heavy atom. The normalized spacial score (nSPS) is 11.8. The van der Waals surface area contributed by atoms with Crippen LogP contribution in [0.25, 0.3) is 0 Å². The van der Waals surface area contributed by atoms with Crippen molar-refractivity contribution in [1.29, 1.82) is 0 Å². The van der Waals surface area contributed by atoms with Crippen molar-refractivity contribution in [3.63, 3.8) is 0 Å². The van der Waals surface area contributed by atoms with Crippen LogP contribution in [0.4, 0.5) is 17.1 Å². The lowest BCUT2D eigenvalue weighted by Gasteiger charge is -2.24. The van der Waals surface area contributed by atoms with Gasteiger partial charge in [-0.05, 0) is 56.7 Å². The molecule has 0 aliphatic rings. The molecule has 0 aliphatic heterocycles. The van der Waals surface area contributed by atoms with Crippen molar-refractivity contribution in [3.8, 4) is 5.75 Å². The third kappa shape index (κ3) is 6.09. The van der Waals surface area contributed by atoms with E-state index in [1.54, 1.807) is 44.2 Å². The second-order valence-corrected chi connectivity index (χ2v) is 9.99. The zero-order valence-electron chi connectivity index (χ0n) is 21.2. The molecule has 0 saturated carbocycles. The third-order valence-corrected chi connectivity index (χ3v) is 7.67. The van der Waals surface area contributed by atoms with Crippen molar-refractivity contribution in [1.82, 2.24) is 0 Å². The molecule has 0 saturated heterocycles. The van der Waals surface area contributed by atoms with Gasteiger partial charge in [0.15, 0.2) is 6.10 Å². The maximum atomic E-state index is 13.5. The van der Waals surface area contributed by atoms with E-state index in [1.807, 2.05) is 0 Å². The Morgan fingerprint density at radius 1 is 1.08 bits per heavy atom. The summed E-state index contributed by atoms with van der Waals surface area (Å²) in [7, 11) is -2.68. The van der Waals surface area contributed by atoms with Gasteiger partial charge in [-0.15, -0.1) is 0 Å². The Hall–Kier alpha value is -4.45. The highest BCUT2D eigenvalue weighted by atomic mass is 32.2. The largest absolute Gasteiger partial charge is 0.495 e. The van der Waals surface area contributed by atoms with Gasteiger partial charge in [-0.1, -0.05) is 24.3 Å². The topological polar surface area (TPSA) is 145 Å². The summed E-state index contributed by atoms with van der Waals surface area (Å²) in [5.41, 5.74) is 0.601. The third-order valence-electron chi connectivity index (χ3n) is 5.63. The molecular weight excluding hydrogens is 514 g/mol. The lowest BCUT2D eigenvalue weighted by Crippen LogP contribution is -2.32. The zero-order chi connectivity index (χ0) is 28.0. The number of ether oxygens (including phenoxy) is 2. The minimum absolute atomic E-state index is 0.0267. The summed E-state index contributed by atoms with van der Waals surface area (Å²) in [5.74, 6) is -1.51. The van der Waals surface area contributed by atoms with Crippen LogP contribution < -0.4 is 14.4 Å². The van der Waals surface area contributed by atoms with Crippen LogP contribution in [0.2, 0.25) is 0 Å². The van der Waals surface area contributed by atoms with E-state index in [-0.39, 0.29) is 34.1 Å². The summed E-state index contributed by atoms with van der Waals surface area (Å²) < 4.78 is 38.6. The molecule has 0 bridgehead atoms. The number of hydrogen-bond acceptors (Lipinski definition) is 8. The molecule has 1 amide bonds. The molecule has 11 nitrogen and oxygen atoms in total. The van der Waals surface area contributed by atoms with Crippen LogP contribution >= 0.6 is 0 Å². The van der Waals surface area contributed by atoms with Gasteiger partial charge in [-0.2, -0.15) is 0 Å². The average molecular weight is 542 g/mol. The van der Waals surface area contributed by atoms with E-state index in [1.165, 1.54) is 48.7 Å². The number of nitrogens with zero attached hydrogens (tertiary/aromatic N) is 2. The van der Waals surface area contributed by atoms with Crippen LogP contribution in [0.3, 0.4) is 0 Å². The second-order valence-electron chi connectivity index (χ2n) is 8.16. The van der Waals surface area contributed by atoms with E-state index in [0.717, 1.165) is 6.07 Å². The number of benzene rings is 3. The van der Waals surface area contributed by atoms with Crippen LogP contribution in [0, 0.1) is 17.0 Å². The Morgan fingerprint density at radius 3 is 2.37 bits per heavy atom. The van der Waals surface area contributed by atoms with Crippen LogP contribution in [0.1, 0.15) is 29.8 Å². The molecule has 0 aliphatic carbocycles. The summed E-state index contributed by atoms with van der Waals surface area (Å²) in [4.78, 5) is 35.9. The molecule has 12 heteroatoms. The number of para-hydroxylation sites is 1. The number of nitrogens with one attached hydrogen (secondary N) is 1. The van der Waals surface area contributed by atoms with Gasteiger partial charge >= 0.3 is 5.97 Å². The summed E-state index contributed by atoms with van der Waals surface area (Å²) in [6.45, 7) is 4.80. The quantitative estimate of drug-likeness (QED) is 0.227. The van der Waals surface area contributed by atoms with Gasteiger partial charge in [0.2, 0.25) is 0 Å². The van der Waals surface area contributed by atoms with E-state index >= 15 is 0 Å². The molecule has 3 rings (SSSR count). The molecule has 3 aromatic carbocycles. The highest BCUT2D eigenvalue weighted by Gasteiger charge is 2.28. The van der Waals surface area contributed by atoms with E-state index in [0.29, 0.717) is 11.3 Å². The first-order valence-electron chi connectivity index (χ1n) is 11.5. The first-order valence-corrected chi connectivity index (χ1v) is 13.0. The molecule has 0 fully saturated rings. The molecular formula is C26H27N3O8S. The summed E-state index contributed by atoms with van der Waals surface area (Å²) in [6, 6.07) is 16.3. The lowest BCUT2D eigenvalue weighted by molar-refractivity contribution is -0.384. The van der Waals surface area contributed by atoms with E-state index < -0.39 is 32.9 Å². The number of anilines is 2. The highest BCUT2D eigenvalue weighted by Crippen LogP contribution is 2.29. The van der Waals surface area contributed by atoms with E-state index in [4.69, 9.17) is 9.47 Å². The van der Waals surface area contributed by atoms with Crippen LogP contribution in [0.5, 0.6) is 5.75 Å². The van der Waals surface area contributed by atoms with Crippen molar-refractivity contribution in [2.24, 2.45) is 0 Å². The predicted molar refractivity (Wildman–Crippen MR) is 141 cm³/mol. The molecule has 0 unspecified atom stereocenters. The number of aryl methyl sites for hydroxylation is 1. The van der Waals surface area contributed by atoms with E-state index in [2.05, 4.69) is 5.32 Å². The number of sulfonamides is 1. The molecule has 0 heterocycles. The van der Waals surface area contributed by atoms with Crippen LogP contribution in [0.15, 0.2) is 71.6 Å². The molecule has 38 heavy (non-hydrogen) atoms. The zero-order valence-corrected chi connectivity index (χ0v) is 22.0. The monoisotopic (exact) mass is 541 g/mol. The summed E-state index contributed by atoms with van der Waals surface area (Å²) in [5, 5.41) is 13.5. The molecule has 0 aromatic heterocycles. The number of nitro groups is 1. The van der Waals surface area contributed by atoms with Crippen molar-refractivity contribution in [3.05, 3.63) is 88.0 Å². The van der Waals surface area contributed by atoms with Crippen molar-refractivity contribution in [2.75, 3.05) is 23.3 Å². The van der Waals surface area contributed by atoms with Gasteiger partial charge in [0.25, 0.3) is 21.6 Å². The van der Waals surface area contributed by atoms with Gasteiger partial charge in [0.05, 0.1) is 33.9 Å². The maximum absolute atomic E-state index is 13.5. The van der Waals surface area contributed by atoms with Crippen LogP contribution in [-0.4, -0.2) is 45.0 Å². The Kier molecular flexibility index (Phi) is 8.68. The van der Waals surface area contributed by atoms with Gasteiger partial charge in [-0.3, -0.25) is 19.2 Å². The van der Waals surface area contributed by atoms with Crippen molar-refractivity contribution < 1.29 is 32.4 Å². The number of esters is 1. The number of nitro benzene ring substituents is 1. The predicted octanol–water partition coefficient (Wildman–Crippen LogP) is 4.31.